The molecule has 10 heteroatoms. The summed E-state index contributed by atoms with van der Waals surface area (Å²) in [5, 5.41) is 4.55. The fourth-order valence-electron chi connectivity index (χ4n) is 2.16. The third-order valence-electron chi connectivity index (χ3n) is 3.48. The van der Waals surface area contributed by atoms with E-state index in [2.05, 4.69) is 36.9 Å². The van der Waals surface area contributed by atoms with Gasteiger partial charge in [-0.2, -0.15) is 4.98 Å². The maximum atomic E-state index is 11.8. The fourth-order valence-corrected chi connectivity index (χ4v) is 3.57. The molecular formula is C17H14BrClN4O3S. The zero-order valence-electron chi connectivity index (χ0n) is 13.9. The van der Waals surface area contributed by atoms with Gasteiger partial charge in [0.1, 0.15) is 0 Å². The zero-order valence-corrected chi connectivity index (χ0v) is 17.0. The number of hydrazine groups is 1. The molecule has 0 saturated heterocycles. The molecule has 2 aromatic heterocycles. The van der Waals surface area contributed by atoms with Crippen LogP contribution in [0.25, 0.3) is 11.4 Å². The molecule has 140 valence electrons. The lowest BCUT2D eigenvalue weighted by atomic mass is 10.2. The van der Waals surface area contributed by atoms with Crippen molar-refractivity contribution >= 4 is 50.7 Å². The number of thiophene rings is 1. The molecule has 1 aromatic carbocycles. The second kappa shape index (κ2) is 9.12. The number of hydrogen-bond acceptors (Lipinski definition) is 6. The van der Waals surface area contributed by atoms with Gasteiger partial charge in [-0.25, -0.2) is 0 Å². The van der Waals surface area contributed by atoms with Gasteiger partial charge in [0.25, 0.3) is 5.91 Å². The van der Waals surface area contributed by atoms with Gasteiger partial charge in [0.15, 0.2) is 0 Å². The molecule has 0 bridgehead atoms. The van der Waals surface area contributed by atoms with Gasteiger partial charge in [-0.3, -0.25) is 20.4 Å². The SMILES string of the molecule is O=C(CCCc1nc(-c2ccc(Cl)cc2)no1)NNC(=O)c1ccc(Br)s1. The van der Waals surface area contributed by atoms with Gasteiger partial charge in [-0.15, -0.1) is 11.3 Å². The van der Waals surface area contributed by atoms with Gasteiger partial charge < -0.3 is 4.52 Å². The van der Waals surface area contributed by atoms with Crippen LogP contribution in [-0.4, -0.2) is 22.0 Å². The molecule has 2 amide bonds. The minimum atomic E-state index is -0.358. The van der Waals surface area contributed by atoms with Crippen LogP contribution in [0.4, 0.5) is 0 Å². The molecule has 0 aliphatic heterocycles. The number of carbonyl (C=O) groups is 2. The first-order valence-corrected chi connectivity index (χ1v) is 9.93. The zero-order chi connectivity index (χ0) is 19.2. The van der Waals surface area contributed by atoms with Crippen molar-refractivity contribution in [3.05, 3.63) is 56.0 Å². The van der Waals surface area contributed by atoms with Crippen LogP contribution in [-0.2, 0) is 11.2 Å². The van der Waals surface area contributed by atoms with Crippen LogP contribution >= 0.6 is 38.9 Å². The molecule has 7 nitrogen and oxygen atoms in total. The first-order valence-electron chi connectivity index (χ1n) is 7.94. The smallest absolute Gasteiger partial charge is 0.279 e. The third-order valence-corrected chi connectivity index (χ3v) is 5.35. The van der Waals surface area contributed by atoms with Crippen LogP contribution in [0.5, 0.6) is 0 Å². The molecule has 0 saturated carbocycles. The summed E-state index contributed by atoms with van der Waals surface area (Å²) in [5.74, 6) is 0.265. The summed E-state index contributed by atoms with van der Waals surface area (Å²) in [6.45, 7) is 0. The number of amides is 2. The Balaban J connectivity index is 1.41. The van der Waals surface area contributed by atoms with Crippen molar-refractivity contribution in [3.8, 4) is 11.4 Å². The average Bonchev–Trinajstić information content (AvgIpc) is 3.30. The topological polar surface area (TPSA) is 97.1 Å². The summed E-state index contributed by atoms with van der Waals surface area (Å²) < 4.78 is 6.03. The standard InChI is InChI=1S/C17H14BrClN4O3S/c18-13-9-8-12(27-13)17(25)22-21-14(24)2-1-3-15-20-16(23-26-15)10-4-6-11(19)7-5-10/h4-9H,1-3H2,(H,21,24)(H,22,25). The minimum Gasteiger partial charge on any atom is -0.339 e. The predicted octanol–water partition coefficient (Wildman–Crippen LogP) is 4.00. The van der Waals surface area contributed by atoms with E-state index >= 15 is 0 Å². The molecule has 0 fully saturated rings. The summed E-state index contributed by atoms with van der Waals surface area (Å²) in [6.07, 6.45) is 1.18. The molecule has 3 aromatic rings. The summed E-state index contributed by atoms with van der Waals surface area (Å²) in [4.78, 5) is 28.5. The summed E-state index contributed by atoms with van der Waals surface area (Å²) in [6, 6.07) is 10.5. The number of carbonyl (C=O) groups excluding carboxylic acids is 2. The lowest BCUT2D eigenvalue weighted by Crippen LogP contribution is -2.41. The minimum absolute atomic E-state index is 0.215. The Hall–Kier alpha value is -2.23. The van der Waals surface area contributed by atoms with Crippen LogP contribution in [0.15, 0.2) is 44.7 Å². The van der Waals surface area contributed by atoms with Crippen molar-refractivity contribution in [3.63, 3.8) is 0 Å². The van der Waals surface area contributed by atoms with Gasteiger partial charge in [0.2, 0.25) is 17.6 Å². The van der Waals surface area contributed by atoms with Gasteiger partial charge >= 0.3 is 0 Å². The molecule has 2 N–H and O–H groups in total. The Morgan fingerprint density at radius 2 is 1.93 bits per heavy atom. The lowest BCUT2D eigenvalue weighted by Gasteiger charge is -2.05. The van der Waals surface area contributed by atoms with E-state index in [1.54, 1.807) is 36.4 Å². The fraction of sp³-hybridized carbons (Fsp3) is 0.176. The first-order chi connectivity index (χ1) is 13.0. The van der Waals surface area contributed by atoms with E-state index in [0.29, 0.717) is 34.5 Å². The summed E-state index contributed by atoms with van der Waals surface area (Å²) in [7, 11) is 0. The molecule has 0 unspecified atom stereocenters. The number of nitrogens with one attached hydrogen (secondary N) is 2. The van der Waals surface area contributed by atoms with Crippen molar-refractivity contribution in [2.45, 2.75) is 19.3 Å². The Labute approximate surface area is 172 Å². The van der Waals surface area contributed by atoms with Crippen molar-refractivity contribution in [2.75, 3.05) is 0 Å². The highest BCUT2D eigenvalue weighted by Gasteiger charge is 2.11. The Bertz CT molecular complexity index is 942. The van der Waals surface area contributed by atoms with E-state index < -0.39 is 0 Å². The largest absolute Gasteiger partial charge is 0.339 e. The number of halogens is 2. The van der Waals surface area contributed by atoms with Gasteiger partial charge in [0.05, 0.1) is 8.66 Å². The number of aryl methyl sites for hydroxylation is 1. The summed E-state index contributed by atoms with van der Waals surface area (Å²) >= 11 is 10.4. The Morgan fingerprint density at radius 1 is 1.15 bits per heavy atom. The number of hydrogen-bond donors (Lipinski definition) is 2. The number of benzene rings is 1. The van der Waals surface area contributed by atoms with E-state index in [1.807, 2.05) is 0 Å². The lowest BCUT2D eigenvalue weighted by molar-refractivity contribution is -0.121. The van der Waals surface area contributed by atoms with E-state index in [9.17, 15) is 9.59 Å². The Morgan fingerprint density at radius 3 is 2.63 bits per heavy atom. The van der Waals surface area contributed by atoms with Crippen LogP contribution in [0.3, 0.4) is 0 Å². The quantitative estimate of drug-likeness (QED) is 0.532. The molecular weight excluding hydrogens is 456 g/mol. The average molecular weight is 470 g/mol. The van der Waals surface area contributed by atoms with E-state index in [-0.39, 0.29) is 18.2 Å². The van der Waals surface area contributed by atoms with Gasteiger partial charge in [-0.05, 0) is 58.7 Å². The summed E-state index contributed by atoms with van der Waals surface area (Å²) in [5.41, 5.74) is 5.57. The molecule has 0 atom stereocenters. The van der Waals surface area contributed by atoms with Crippen LogP contribution in [0.2, 0.25) is 5.02 Å². The van der Waals surface area contributed by atoms with Crippen molar-refractivity contribution < 1.29 is 14.1 Å². The highest BCUT2D eigenvalue weighted by Crippen LogP contribution is 2.21. The predicted molar refractivity (Wildman–Crippen MR) is 105 cm³/mol. The molecule has 0 aliphatic carbocycles. The third kappa shape index (κ3) is 5.62. The first kappa shape index (κ1) is 19.5. The molecule has 27 heavy (non-hydrogen) atoms. The van der Waals surface area contributed by atoms with Gasteiger partial charge in [-0.1, -0.05) is 16.8 Å². The molecule has 0 radical (unpaired) electrons. The molecule has 3 rings (SSSR count). The monoisotopic (exact) mass is 468 g/mol. The molecule has 0 spiro atoms. The molecule has 2 heterocycles. The van der Waals surface area contributed by atoms with E-state index in [1.165, 1.54) is 11.3 Å². The van der Waals surface area contributed by atoms with Crippen molar-refractivity contribution in [1.82, 2.24) is 21.0 Å². The Kier molecular flexibility index (Phi) is 6.59. The van der Waals surface area contributed by atoms with Gasteiger partial charge in [0, 0.05) is 23.4 Å². The van der Waals surface area contributed by atoms with E-state index in [4.69, 9.17) is 16.1 Å². The maximum Gasteiger partial charge on any atom is 0.279 e. The molecule has 0 aliphatic rings. The van der Waals surface area contributed by atoms with Crippen molar-refractivity contribution in [2.24, 2.45) is 0 Å². The van der Waals surface area contributed by atoms with Crippen LogP contribution in [0.1, 0.15) is 28.4 Å². The maximum absolute atomic E-state index is 11.8. The number of nitrogens with zero attached hydrogens (tertiary/aromatic N) is 2. The second-order valence-electron chi connectivity index (χ2n) is 5.48. The van der Waals surface area contributed by atoms with Crippen molar-refractivity contribution in [1.29, 1.82) is 0 Å². The number of rotatable bonds is 6. The van der Waals surface area contributed by atoms with Crippen LogP contribution in [0, 0.1) is 0 Å². The van der Waals surface area contributed by atoms with Crippen LogP contribution < -0.4 is 10.9 Å². The highest BCUT2D eigenvalue weighted by molar-refractivity contribution is 9.11. The highest BCUT2D eigenvalue weighted by atomic mass is 79.9. The van der Waals surface area contributed by atoms with E-state index in [0.717, 1.165) is 9.35 Å². The number of aromatic nitrogens is 2. The second-order valence-corrected chi connectivity index (χ2v) is 8.38. The normalized spacial score (nSPS) is 10.6.